The summed E-state index contributed by atoms with van der Waals surface area (Å²) in [5, 5.41) is 3.39. The Hall–Kier alpha value is -6.12. The van der Waals surface area contributed by atoms with Gasteiger partial charge in [-0.2, -0.15) is 0 Å². The number of unbranched alkanes of at least 4 members (excludes halogenated alkanes) is 1. The lowest BCUT2D eigenvalue weighted by atomic mass is 9.95. The fourth-order valence-corrected chi connectivity index (χ4v) is 9.12. The van der Waals surface area contributed by atoms with Gasteiger partial charge in [0, 0.05) is 55.0 Å². The van der Waals surface area contributed by atoms with Gasteiger partial charge in [0.05, 0.1) is 28.4 Å². The van der Waals surface area contributed by atoms with E-state index in [0.717, 1.165) is 69.1 Å². The molecule has 4 aromatic carbocycles. The van der Waals surface area contributed by atoms with Crippen molar-refractivity contribution >= 4 is 24.0 Å². The molecular formula is C55H70F2N4O8. The van der Waals surface area contributed by atoms with Crippen LogP contribution >= 0.6 is 0 Å². The zero-order valence-corrected chi connectivity index (χ0v) is 41.4. The highest BCUT2D eigenvalue weighted by Gasteiger charge is 2.30. The molecule has 2 aliphatic heterocycles. The average molecular weight is 953 g/mol. The molecule has 2 fully saturated rings. The van der Waals surface area contributed by atoms with E-state index < -0.39 is 11.6 Å². The topological polar surface area (TPSA) is 111 Å². The molecule has 0 bridgehead atoms. The molecule has 2 saturated heterocycles. The molecule has 0 aliphatic carbocycles. The van der Waals surface area contributed by atoms with E-state index in [1.165, 1.54) is 53.4 Å². The Morgan fingerprint density at radius 2 is 1.35 bits per heavy atom. The monoisotopic (exact) mass is 953 g/mol. The normalized spacial score (nSPS) is 15.9. The third-order valence-corrected chi connectivity index (χ3v) is 12.7. The van der Waals surface area contributed by atoms with Gasteiger partial charge in [-0.25, -0.2) is 8.78 Å². The fraction of sp³-hybridized carbons (Fsp3) is 0.455. The molecule has 1 N–H and O–H groups in total. The molecule has 2 aliphatic rings. The SMILES string of the molecule is CCCCN1CCC(CN(C/C(C)=C/c2ccccc2)C(=O)c2cc(OC)c(OC)c(OCCOc3cc(C(=O)N(C/C(C)=C/c4ccc(F)cc4F)C4CCCNC4)cc(OC)c3OC)c2)CC1. The summed E-state index contributed by atoms with van der Waals surface area (Å²) < 4.78 is 63.9. The van der Waals surface area contributed by atoms with Gasteiger partial charge in [-0.05, 0) is 120 Å². The molecule has 0 spiro atoms. The van der Waals surface area contributed by atoms with Gasteiger partial charge in [-0.1, -0.05) is 67.0 Å². The summed E-state index contributed by atoms with van der Waals surface area (Å²) in [7, 11) is 6.02. The number of halogens is 2. The van der Waals surface area contributed by atoms with Crippen molar-refractivity contribution in [2.75, 3.05) is 94.0 Å². The van der Waals surface area contributed by atoms with E-state index in [2.05, 4.69) is 42.3 Å². The minimum Gasteiger partial charge on any atom is -0.493 e. The average Bonchev–Trinajstić information content (AvgIpc) is 3.36. The number of amides is 2. The summed E-state index contributed by atoms with van der Waals surface area (Å²) >= 11 is 0. The summed E-state index contributed by atoms with van der Waals surface area (Å²) in [5.41, 5.74) is 3.78. The van der Waals surface area contributed by atoms with Gasteiger partial charge in [-0.15, -0.1) is 0 Å². The van der Waals surface area contributed by atoms with E-state index >= 15 is 0 Å². The predicted molar refractivity (Wildman–Crippen MR) is 267 cm³/mol. The van der Waals surface area contributed by atoms with Gasteiger partial charge in [0.1, 0.15) is 24.8 Å². The van der Waals surface area contributed by atoms with Crippen molar-refractivity contribution in [1.82, 2.24) is 20.0 Å². The van der Waals surface area contributed by atoms with Crippen molar-refractivity contribution < 1.29 is 46.8 Å². The third-order valence-electron chi connectivity index (χ3n) is 12.7. The lowest BCUT2D eigenvalue weighted by Gasteiger charge is -2.35. The molecule has 69 heavy (non-hydrogen) atoms. The maximum atomic E-state index is 14.7. The number of rotatable bonds is 23. The van der Waals surface area contributed by atoms with Gasteiger partial charge < -0.3 is 48.4 Å². The van der Waals surface area contributed by atoms with Crippen LogP contribution in [0.25, 0.3) is 12.2 Å². The third kappa shape index (κ3) is 14.5. The van der Waals surface area contributed by atoms with Gasteiger partial charge in [-0.3, -0.25) is 9.59 Å². The van der Waals surface area contributed by atoms with Gasteiger partial charge in [0.25, 0.3) is 11.8 Å². The van der Waals surface area contributed by atoms with Crippen LogP contribution in [0.4, 0.5) is 8.78 Å². The Morgan fingerprint density at radius 1 is 0.739 bits per heavy atom. The number of carbonyl (C=O) groups is 2. The first kappa shape index (κ1) is 52.3. The number of methoxy groups -OCH3 is 4. The second-order valence-electron chi connectivity index (χ2n) is 17.9. The lowest BCUT2D eigenvalue weighted by Crippen LogP contribution is -2.49. The van der Waals surface area contributed by atoms with Crippen molar-refractivity contribution in [2.45, 2.75) is 65.3 Å². The fourth-order valence-electron chi connectivity index (χ4n) is 9.12. The summed E-state index contributed by atoms with van der Waals surface area (Å²) in [4.78, 5) is 35.5. The van der Waals surface area contributed by atoms with Crippen LogP contribution < -0.4 is 33.7 Å². The van der Waals surface area contributed by atoms with E-state index in [1.807, 2.05) is 30.0 Å². The number of nitrogens with one attached hydrogen (secondary N) is 1. The van der Waals surface area contributed by atoms with E-state index in [0.29, 0.717) is 65.3 Å². The number of piperidine rings is 2. The highest BCUT2D eigenvalue weighted by Crippen LogP contribution is 2.41. The summed E-state index contributed by atoms with van der Waals surface area (Å²) in [6.07, 6.45) is 9.81. The summed E-state index contributed by atoms with van der Waals surface area (Å²) in [6, 6.07) is 20.0. The Balaban J connectivity index is 1.21. The Bertz CT molecular complexity index is 2380. The smallest absolute Gasteiger partial charge is 0.254 e. The van der Waals surface area contributed by atoms with Crippen LogP contribution in [-0.4, -0.2) is 127 Å². The first-order valence-corrected chi connectivity index (χ1v) is 24.1. The summed E-state index contributed by atoms with van der Waals surface area (Å²) in [6.45, 7) is 12.0. The van der Waals surface area contributed by atoms with Crippen LogP contribution in [0.2, 0.25) is 0 Å². The molecule has 0 saturated carbocycles. The van der Waals surface area contributed by atoms with Crippen molar-refractivity contribution in [3.8, 4) is 34.5 Å². The van der Waals surface area contributed by atoms with Crippen LogP contribution in [0.3, 0.4) is 0 Å². The Morgan fingerprint density at radius 3 is 1.91 bits per heavy atom. The molecule has 14 heteroatoms. The molecule has 1 atom stereocenters. The van der Waals surface area contributed by atoms with Crippen molar-refractivity contribution in [3.63, 3.8) is 0 Å². The number of nitrogens with zero attached hydrogens (tertiary/aromatic N) is 3. The van der Waals surface area contributed by atoms with E-state index in [-0.39, 0.29) is 54.7 Å². The lowest BCUT2D eigenvalue weighted by molar-refractivity contribution is 0.0668. The van der Waals surface area contributed by atoms with Crippen LogP contribution in [-0.2, 0) is 0 Å². The number of benzene rings is 4. The van der Waals surface area contributed by atoms with Crippen molar-refractivity contribution in [3.05, 3.63) is 118 Å². The standard InChI is InChI=1S/C55H70F2N4O8/c1-8-9-22-59-23-19-41(20-24-59)37-60(35-38(2)27-40-14-11-10-12-15-40)54(62)43-29-48(64-4)52(66-6)50(31-43)68-25-26-69-51-32-44(30-49(65-5)53(51)67-7)55(63)61(46-16-13-21-58-34-46)36-39(3)28-42-17-18-45(56)33-47(42)57/h10-12,14-15,17-18,27-33,41,46,58H,8-9,13,16,19-26,34-37H2,1-7H3/b38-27+,39-28+. The number of carbonyl (C=O) groups excluding carboxylic acids is 2. The predicted octanol–water partition coefficient (Wildman–Crippen LogP) is 9.81. The number of hydrogen-bond donors (Lipinski definition) is 1. The van der Waals surface area contributed by atoms with Crippen LogP contribution in [0.15, 0.2) is 83.9 Å². The molecule has 4 aromatic rings. The summed E-state index contributed by atoms with van der Waals surface area (Å²) in [5.74, 6) is 0.414. The van der Waals surface area contributed by atoms with E-state index in [4.69, 9.17) is 28.4 Å². The maximum Gasteiger partial charge on any atom is 0.254 e. The largest absolute Gasteiger partial charge is 0.493 e. The second-order valence-corrected chi connectivity index (χ2v) is 17.9. The minimum absolute atomic E-state index is 0.00863. The zero-order chi connectivity index (χ0) is 49.3. The number of hydrogen-bond acceptors (Lipinski definition) is 10. The Kier molecular flexibility index (Phi) is 19.7. The Labute approximate surface area is 407 Å². The van der Waals surface area contributed by atoms with Crippen molar-refractivity contribution in [1.29, 1.82) is 0 Å². The van der Waals surface area contributed by atoms with E-state index in [1.54, 1.807) is 35.2 Å². The number of ether oxygens (including phenoxy) is 6. The van der Waals surface area contributed by atoms with Gasteiger partial charge >= 0.3 is 0 Å². The molecule has 0 aromatic heterocycles. The van der Waals surface area contributed by atoms with Gasteiger partial charge in [0.2, 0.25) is 11.5 Å². The molecule has 372 valence electrons. The highest BCUT2D eigenvalue weighted by atomic mass is 19.1. The quantitative estimate of drug-likeness (QED) is 0.0722. The van der Waals surface area contributed by atoms with Gasteiger partial charge in [0.15, 0.2) is 23.0 Å². The molecule has 2 heterocycles. The van der Waals surface area contributed by atoms with Crippen LogP contribution in [0.5, 0.6) is 34.5 Å². The highest BCUT2D eigenvalue weighted by molar-refractivity contribution is 5.97. The first-order valence-electron chi connectivity index (χ1n) is 24.1. The van der Waals surface area contributed by atoms with Crippen LogP contribution in [0, 0.1) is 17.6 Å². The second kappa shape index (κ2) is 26.0. The molecule has 0 radical (unpaired) electrons. The molecule has 6 rings (SSSR count). The molecule has 12 nitrogen and oxygen atoms in total. The van der Waals surface area contributed by atoms with Crippen molar-refractivity contribution in [2.24, 2.45) is 5.92 Å². The zero-order valence-electron chi connectivity index (χ0n) is 41.4. The maximum absolute atomic E-state index is 14.7. The molecular weight excluding hydrogens is 883 g/mol. The number of likely N-dealkylation sites (tertiary alicyclic amines) is 1. The minimum atomic E-state index is -0.681. The van der Waals surface area contributed by atoms with Crippen LogP contribution in [0.1, 0.15) is 91.1 Å². The van der Waals surface area contributed by atoms with E-state index in [9.17, 15) is 18.4 Å². The first-order chi connectivity index (χ1) is 33.4. The molecule has 2 amide bonds. The molecule has 1 unspecified atom stereocenters.